The van der Waals surface area contributed by atoms with Gasteiger partial charge in [-0.2, -0.15) is 4.89 Å². The Labute approximate surface area is 96.9 Å². The summed E-state index contributed by atoms with van der Waals surface area (Å²) < 4.78 is 0. The average Bonchev–Trinajstić information content (AvgIpc) is 2.35. The summed E-state index contributed by atoms with van der Waals surface area (Å²) in [7, 11) is 0. The quantitative estimate of drug-likeness (QED) is 0.730. The van der Waals surface area contributed by atoms with Crippen LogP contribution in [0.4, 0.5) is 0 Å². The third-order valence-electron chi connectivity index (χ3n) is 3.01. The van der Waals surface area contributed by atoms with Crippen LogP contribution in [-0.2, 0) is 4.89 Å². The Bertz CT molecular complexity index is 340. The summed E-state index contributed by atoms with van der Waals surface area (Å²) in [6.07, 6.45) is 1.16. The van der Waals surface area contributed by atoms with E-state index in [4.69, 9.17) is 9.78 Å². The Balaban J connectivity index is 2.23. The lowest BCUT2D eigenvalue weighted by molar-refractivity contribution is -0.231. The van der Waals surface area contributed by atoms with Gasteiger partial charge >= 0.3 is 0 Å². The van der Waals surface area contributed by atoms with Crippen LogP contribution in [0.1, 0.15) is 31.9 Å². The summed E-state index contributed by atoms with van der Waals surface area (Å²) in [6, 6.07) is 8.44. The highest BCUT2D eigenvalue weighted by Gasteiger charge is 2.26. The Morgan fingerprint density at radius 2 is 2.12 bits per heavy atom. The van der Waals surface area contributed by atoms with Gasteiger partial charge < -0.3 is 4.89 Å². The van der Waals surface area contributed by atoms with Gasteiger partial charge in [0.25, 0.3) is 0 Å². The second-order valence-corrected chi connectivity index (χ2v) is 4.05. The van der Waals surface area contributed by atoms with Gasteiger partial charge in [-0.1, -0.05) is 32.0 Å². The average molecular weight is 221 g/mol. The van der Waals surface area contributed by atoms with Gasteiger partial charge in [-0.25, -0.2) is 0 Å². The molecule has 1 aromatic carbocycles. The number of rotatable bonds is 4. The molecule has 1 unspecified atom stereocenters. The molecule has 0 radical (unpaired) electrons. The third-order valence-corrected chi connectivity index (χ3v) is 3.01. The van der Waals surface area contributed by atoms with Crippen molar-refractivity contribution < 1.29 is 9.78 Å². The first-order valence-corrected chi connectivity index (χ1v) is 5.99. The maximum atomic E-state index is 5.20. The maximum absolute atomic E-state index is 5.20. The third kappa shape index (κ3) is 2.20. The van der Waals surface area contributed by atoms with Crippen molar-refractivity contribution >= 4 is 0 Å². The van der Waals surface area contributed by atoms with E-state index in [1.165, 1.54) is 5.56 Å². The molecule has 88 valence electrons. The summed E-state index contributed by atoms with van der Waals surface area (Å²) in [5.74, 6) is 0.855. The van der Waals surface area contributed by atoms with E-state index in [0.29, 0.717) is 12.6 Å². The fraction of sp³-hybridized carbons (Fsp3) is 0.538. The molecular formula is C13H19NO2. The lowest BCUT2D eigenvalue weighted by Gasteiger charge is -2.33. The minimum Gasteiger partial charge on any atom is -0.337 e. The molecule has 0 aliphatic carbocycles. The molecular weight excluding hydrogens is 202 g/mol. The molecule has 1 heterocycles. The first-order valence-electron chi connectivity index (χ1n) is 5.99. The van der Waals surface area contributed by atoms with Gasteiger partial charge in [-0.15, -0.1) is 0 Å². The molecule has 1 aromatic rings. The molecule has 16 heavy (non-hydrogen) atoms. The van der Waals surface area contributed by atoms with E-state index in [1.807, 2.05) is 12.1 Å². The standard InChI is InChI=1S/C13H19NO2/c1-3-9-14(4-2)12-10-15-16-13-8-6-5-7-11(12)13/h5-8,12H,3-4,9-10H2,1-2H3. The zero-order valence-electron chi connectivity index (χ0n) is 9.98. The number of nitrogens with zero attached hydrogens (tertiary/aromatic N) is 1. The van der Waals surface area contributed by atoms with Crippen molar-refractivity contribution in [2.75, 3.05) is 19.7 Å². The topological polar surface area (TPSA) is 21.7 Å². The van der Waals surface area contributed by atoms with Gasteiger partial charge in [0.15, 0.2) is 5.75 Å². The molecule has 0 saturated heterocycles. The highest BCUT2D eigenvalue weighted by Crippen LogP contribution is 2.33. The van der Waals surface area contributed by atoms with Crippen molar-refractivity contribution in [3.8, 4) is 5.75 Å². The summed E-state index contributed by atoms with van der Waals surface area (Å²) in [4.78, 5) is 12.8. The van der Waals surface area contributed by atoms with E-state index in [9.17, 15) is 0 Å². The van der Waals surface area contributed by atoms with E-state index in [-0.39, 0.29) is 0 Å². The predicted octanol–water partition coefficient (Wildman–Crippen LogP) is 2.78. The fourth-order valence-corrected chi connectivity index (χ4v) is 2.21. The van der Waals surface area contributed by atoms with E-state index < -0.39 is 0 Å². The van der Waals surface area contributed by atoms with Crippen molar-refractivity contribution in [3.05, 3.63) is 29.8 Å². The predicted molar refractivity (Wildman–Crippen MR) is 63.3 cm³/mol. The molecule has 0 saturated carbocycles. The van der Waals surface area contributed by atoms with Crippen molar-refractivity contribution in [1.29, 1.82) is 0 Å². The maximum Gasteiger partial charge on any atom is 0.170 e. The summed E-state index contributed by atoms with van der Waals surface area (Å²) in [5.41, 5.74) is 1.24. The molecule has 0 spiro atoms. The zero-order chi connectivity index (χ0) is 11.4. The zero-order valence-corrected chi connectivity index (χ0v) is 9.98. The number of hydrogen-bond donors (Lipinski definition) is 0. The largest absolute Gasteiger partial charge is 0.337 e. The van der Waals surface area contributed by atoms with E-state index >= 15 is 0 Å². The minimum absolute atomic E-state index is 0.329. The van der Waals surface area contributed by atoms with Crippen LogP contribution in [0.5, 0.6) is 5.75 Å². The minimum atomic E-state index is 0.329. The molecule has 3 nitrogen and oxygen atoms in total. The van der Waals surface area contributed by atoms with Crippen LogP contribution in [0.2, 0.25) is 0 Å². The first kappa shape index (κ1) is 11.4. The number of likely N-dealkylation sites (N-methyl/N-ethyl adjacent to an activating group) is 1. The van der Waals surface area contributed by atoms with Crippen molar-refractivity contribution in [1.82, 2.24) is 4.90 Å². The normalized spacial score (nSPS) is 19.3. The molecule has 0 fully saturated rings. The molecule has 0 amide bonds. The van der Waals surface area contributed by atoms with Crippen LogP contribution in [0.25, 0.3) is 0 Å². The Kier molecular flexibility index (Phi) is 3.80. The van der Waals surface area contributed by atoms with Gasteiger partial charge in [0.2, 0.25) is 0 Å². The molecule has 0 N–H and O–H groups in total. The van der Waals surface area contributed by atoms with Crippen molar-refractivity contribution in [2.24, 2.45) is 0 Å². The number of benzene rings is 1. The molecule has 0 bridgehead atoms. The Morgan fingerprint density at radius 1 is 1.31 bits per heavy atom. The van der Waals surface area contributed by atoms with E-state index in [1.54, 1.807) is 0 Å². The molecule has 2 rings (SSSR count). The van der Waals surface area contributed by atoms with E-state index in [2.05, 4.69) is 30.9 Å². The SMILES string of the molecule is CCCN(CC)C1COOc2ccccc21. The fourth-order valence-electron chi connectivity index (χ4n) is 2.21. The smallest absolute Gasteiger partial charge is 0.170 e. The molecule has 3 heteroatoms. The van der Waals surface area contributed by atoms with Crippen LogP contribution in [0.15, 0.2) is 24.3 Å². The van der Waals surface area contributed by atoms with Gasteiger partial charge in [0.05, 0.1) is 6.04 Å². The van der Waals surface area contributed by atoms with Gasteiger partial charge in [-0.3, -0.25) is 4.90 Å². The summed E-state index contributed by atoms with van der Waals surface area (Å²) in [5, 5.41) is 0. The van der Waals surface area contributed by atoms with Gasteiger partial charge in [0.1, 0.15) is 6.61 Å². The summed E-state index contributed by atoms with van der Waals surface area (Å²) in [6.45, 7) is 7.14. The molecule has 1 aliphatic rings. The highest BCUT2D eigenvalue weighted by molar-refractivity contribution is 5.36. The molecule has 1 aliphatic heterocycles. The van der Waals surface area contributed by atoms with Crippen LogP contribution >= 0.6 is 0 Å². The van der Waals surface area contributed by atoms with Crippen LogP contribution < -0.4 is 4.89 Å². The molecule has 0 aromatic heterocycles. The van der Waals surface area contributed by atoms with Gasteiger partial charge in [-0.05, 0) is 25.6 Å². The van der Waals surface area contributed by atoms with Crippen molar-refractivity contribution in [2.45, 2.75) is 26.3 Å². The number of hydrogen-bond acceptors (Lipinski definition) is 3. The summed E-state index contributed by atoms with van der Waals surface area (Å²) >= 11 is 0. The Morgan fingerprint density at radius 3 is 2.88 bits per heavy atom. The second-order valence-electron chi connectivity index (χ2n) is 4.05. The first-order chi connectivity index (χ1) is 7.86. The van der Waals surface area contributed by atoms with E-state index in [0.717, 1.165) is 25.3 Å². The van der Waals surface area contributed by atoms with Crippen LogP contribution in [0.3, 0.4) is 0 Å². The second kappa shape index (κ2) is 5.32. The molecule has 1 atom stereocenters. The van der Waals surface area contributed by atoms with Crippen LogP contribution in [0, 0.1) is 0 Å². The van der Waals surface area contributed by atoms with Gasteiger partial charge in [0, 0.05) is 5.56 Å². The number of fused-ring (bicyclic) bond motifs is 1. The van der Waals surface area contributed by atoms with Crippen LogP contribution in [-0.4, -0.2) is 24.6 Å². The lowest BCUT2D eigenvalue weighted by atomic mass is 10.0. The monoisotopic (exact) mass is 221 g/mol. The Hall–Kier alpha value is -1.06. The van der Waals surface area contributed by atoms with Crippen molar-refractivity contribution in [3.63, 3.8) is 0 Å². The lowest BCUT2D eigenvalue weighted by Crippen LogP contribution is -2.35. The highest BCUT2D eigenvalue weighted by atomic mass is 17.2. The number of para-hydroxylation sites is 1.